The fourth-order valence-corrected chi connectivity index (χ4v) is 4.37. The Labute approximate surface area is 278 Å². The van der Waals surface area contributed by atoms with Crippen molar-refractivity contribution in [1.82, 2.24) is 4.90 Å². The summed E-state index contributed by atoms with van der Waals surface area (Å²) in [7, 11) is 0. The molecule has 0 saturated carbocycles. The van der Waals surface area contributed by atoms with E-state index >= 15 is 0 Å². The van der Waals surface area contributed by atoms with Crippen molar-refractivity contribution in [3.8, 4) is 0 Å². The molecule has 0 spiro atoms. The Balaban J connectivity index is 0.000000990. The third kappa shape index (κ3) is 16.3. The van der Waals surface area contributed by atoms with Crippen LogP contribution >= 0.6 is 0 Å². The van der Waals surface area contributed by atoms with Crippen LogP contribution in [0.2, 0.25) is 0 Å². The summed E-state index contributed by atoms with van der Waals surface area (Å²) in [5.74, 6) is 0.336. The van der Waals surface area contributed by atoms with Gasteiger partial charge in [0.25, 0.3) is 0 Å². The van der Waals surface area contributed by atoms with Gasteiger partial charge in [0.05, 0.1) is 0 Å². The van der Waals surface area contributed by atoms with Crippen LogP contribution in [-0.4, -0.2) is 29.8 Å². The summed E-state index contributed by atoms with van der Waals surface area (Å²) in [5.41, 5.74) is 6.98. The maximum Gasteiger partial charge on any atom is 0.136 e. The predicted octanol–water partition coefficient (Wildman–Crippen LogP) is 11.3. The molecular formula is C39H54F2HgN. The Bertz CT molecular complexity index is 1140. The second-order valence-corrected chi connectivity index (χ2v) is 13.1. The van der Waals surface area contributed by atoms with E-state index in [0.717, 1.165) is 52.2 Å². The molecule has 1 heterocycles. The van der Waals surface area contributed by atoms with Crippen LogP contribution in [0.3, 0.4) is 0 Å². The molecule has 43 heavy (non-hydrogen) atoms. The van der Waals surface area contributed by atoms with Crippen LogP contribution < -0.4 is 0 Å². The van der Waals surface area contributed by atoms with Crippen LogP contribution in [0, 0.1) is 6.92 Å². The van der Waals surface area contributed by atoms with Gasteiger partial charge in [-0.05, 0) is 70.2 Å². The first-order valence-corrected chi connectivity index (χ1v) is 18.5. The van der Waals surface area contributed by atoms with Crippen LogP contribution in [0.25, 0.3) is 0 Å². The van der Waals surface area contributed by atoms with E-state index in [2.05, 4.69) is 117 Å². The van der Waals surface area contributed by atoms with E-state index in [9.17, 15) is 8.78 Å². The molecule has 4 heteroatoms. The summed E-state index contributed by atoms with van der Waals surface area (Å²) in [5, 5.41) is 0. The van der Waals surface area contributed by atoms with E-state index in [4.69, 9.17) is 0 Å². The normalized spacial score (nSPS) is 13.4. The maximum absolute atomic E-state index is 12.1. The van der Waals surface area contributed by atoms with Gasteiger partial charge >= 0.3 is 36.3 Å². The Morgan fingerprint density at radius 2 is 1.35 bits per heavy atom. The average Bonchev–Trinajstić information content (AvgIpc) is 2.98. The maximum atomic E-state index is 12.1. The molecule has 0 N–H and O–H groups in total. The van der Waals surface area contributed by atoms with E-state index in [1.54, 1.807) is 17.2 Å². The summed E-state index contributed by atoms with van der Waals surface area (Å²) in [4.78, 5) is 2.61. The molecule has 3 aromatic carbocycles. The van der Waals surface area contributed by atoms with Gasteiger partial charge in [0, 0.05) is 25.6 Å². The van der Waals surface area contributed by atoms with Crippen molar-refractivity contribution in [2.45, 2.75) is 86.1 Å². The van der Waals surface area contributed by atoms with Crippen LogP contribution in [-0.2, 0) is 32.7 Å². The van der Waals surface area contributed by atoms with Gasteiger partial charge in [0.2, 0.25) is 0 Å². The molecule has 0 fully saturated rings. The van der Waals surface area contributed by atoms with Gasteiger partial charge in [-0.15, -0.1) is 6.58 Å². The number of hydrogen-bond donors (Lipinski definition) is 0. The first-order chi connectivity index (χ1) is 20.5. The zero-order valence-electron chi connectivity index (χ0n) is 28.0. The first kappa shape index (κ1) is 40.6. The molecule has 1 aliphatic heterocycles. The third-order valence-electron chi connectivity index (χ3n) is 6.79. The zero-order valence-corrected chi connectivity index (χ0v) is 33.5. The summed E-state index contributed by atoms with van der Waals surface area (Å²) in [6, 6.07) is 30.9. The molecule has 0 aromatic heterocycles. The number of hydrogen-bond acceptors (Lipinski definition) is 1. The second kappa shape index (κ2) is 23.1. The van der Waals surface area contributed by atoms with Gasteiger partial charge in [-0.3, -0.25) is 4.90 Å². The SMILES string of the molecule is C=CC.C=[CH][Hg].CC.CC(F)C(C)(C)F.CC1=C(C(c2ccccc2)c2ccccc2)CN(Cc2cccc(C)c2)CC1. The zero-order chi connectivity index (χ0) is 32.8. The summed E-state index contributed by atoms with van der Waals surface area (Å²) >= 11 is 0.830. The summed E-state index contributed by atoms with van der Waals surface area (Å²) in [6.45, 7) is 24.1. The Kier molecular flexibility index (Phi) is 21.8. The van der Waals surface area contributed by atoms with Crippen LogP contribution in [0.5, 0.6) is 0 Å². The minimum atomic E-state index is -1.67. The van der Waals surface area contributed by atoms with Gasteiger partial charge < -0.3 is 0 Å². The monoisotopic (exact) mass is 776 g/mol. The number of rotatable bonds is 6. The summed E-state index contributed by atoms with van der Waals surface area (Å²) in [6.07, 6.45) is 1.53. The van der Waals surface area contributed by atoms with E-state index in [1.165, 1.54) is 43.0 Å². The fourth-order valence-electron chi connectivity index (χ4n) is 4.37. The Morgan fingerprint density at radius 1 is 0.907 bits per heavy atom. The number of halogens is 2. The van der Waals surface area contributed by atoms with Gasteiger partial charge in [-0.25, -0.2) is 8.78 Å². The first-order valence-electron chi connectivity index (χ1n) is 15.3. The molecule has 0 amide bonds. The van der Waals surface area contributed by atoms with E-state index < -0.39 is 11.8 Å². The molecule has 0 radical (unpaired) electrons. The smallest absolute Gasteiger partial charge is 0.136 e. The average molecular weight is 775 g/mol. The van der Waals surface area contributed by atoms with Gasteiger partial charge in [0.15, 0.2) is 0 Å². The standard InChI is InChI=1S/C27H29N.C5H10F2.C3H6.C2H6.C2H3.Hg/c1-21-10-9-11-23(18-21)19-28-17-16-22(2)26(20-28)27(24-12-5-3-6-13-24)25-14-7-4-8-15-25;1-4(6)5(2,3)7;1-3-2;2*1-2;/h3-15,18,27H,16-17,19-20H2,1-2H3;4H,1-3H3;3H,1H2,2H3;1-2H3;1H,2H2;. The molecule has 1 atom stereocenters. The fraction of sp³-hybridized carbons (Fsp3) is 0.385. The largest absolute Gasteiger partial charge is 0.295 e. The van der Waals surface area contributed by atoms with Gasteiger partial charge in [-0.2, -0.15) is 0 Å². The number of nitrogens with zero attached hydrogens (tertiary/aromatic N) is 1. The molecule has 4 rings (SSSR count). The summed E-state index contributed by atoms with van der Waals surface area (Å²) < 4.78 is 25.9. The topological polar surface area (TPSA) is 3.24 Å². The van der Waals surface area contributed by atoms with Crippen LogP contribution in [0.4, 0.5) is 8.78 Å². The Hall–Kier alpha value is -2.36. The number of allylic oxidation sites excluding steroid dienone is 1. The van der Waals surface area contributed by atoms with Crippen LogP contribution in [0.1, 0.15) is 83.1 Å². The van der Waals surface area contributed by atoms with Gasteiger partial charge in [-0.1, -0.05) is 116 Å². The molecule has 3 aromatic rings. The second-order valence-electron chi connectivity index (χ2n) is 10.9. The van der Waals surface area contributed by atoms with Crippen molar-refractivity contribution >= 4 is 0 Å². The minimum absolute atomic E-state index is 0.336. The molecule has 1 aliphatic rings. The molecule has 1 nitrogen and oxygen atoms in total. The number of alkyl halides is 2. The third-order valence-corrected chi connectivity index (χ3v) is 6.79. The van der Waals surface area contributed by atoms with Crippen molar-refractivity contribution in [2.24, 2.45) is 0 Å². The molecule has 231 valence electrons. The van der Waals surface area contributed by atoms with Crippen molar-refractivity contribution < 1.29 is 34.9 Å². The predicted molar refractivity (Wildman–Crippen MR) is 182 cm³/mol. The van der Waals surface area contributed by atoms with Crippen molar-refractivity contribution in [3.05, 3.63) is 141 Å². The molecule has 0 bridgehead atoms. The molecule has 0 aliphatic carbocycles. The Morgan fingerprint density at radius 3 is 1.74 bits per heavy atom. The van der Waals surface area contributed by atoms with Gasteiger partial charge in [0.1, 0.15) is 11.8 Å². The molecule has 0 saturated heterocycles. The number of aryl methyl sites for hydroxylation is 1. The molecule has 1 unspecified atom stereocenters. The van der Waals surface area contributed by atoms with Crippen molar-refractivity contribution in [2.75, 3.05) is 13.1 Å². The number of benzene rings is 3. The van der Waals surface area contributed by atoms with E-state index in [0.29, 0.717) is 5.92 Å². The van der Waals surface area contributed by atoms with Crippen molar-refractivity contribution in [3.63, 3.8) is 0 Å². The molecular weight excluding hydrogens is 721 g/mol. The van der Waals surface area contributed by atoms with E-state index in [-0.39, 0.29) is 0 Å². The van der Waals surface area contributed by atoms with Crippen LogP contribution in [0.15, 0.2) is 119 Å². The van der Waals surface area contributed by atoms with Crippen molar-refractivity contribution in [1.29, 1.82) is 0 Å². The minimum Gasteiger partial charge on any atom is -0.295 e. The quantitative estimate of drug-likeness (QED) is 0.178. The van der Waals surface area contributed by atoms with E-state index in [1.807, 2.05) is 24.4 Å².